The summed E-state index contributed by atoms with van der Waals surface area (Å²) in [5, 5.41) is 5.81. The number of likely N-dealkylation sites (tertiary alicyclic amines) is 1. The third kappa shape index (κ3) is 9.00. The largest absolute Gasteiger partial charge is 0.488 e. The highest BCUT2D eigenvalue weighted by Gasteiger charge is 2.38. The van der Waals surface area contributed by atoms with Crippen molar-refractivity contribution in [1.29, 1.82) is 0 Å². The number of carbonyl (C=O) groups excluding carboxylic acids is 4. The van der Waals surface area contributed by atoms with E-state index in [1.807, 2.05) is 79.7 Å². The second-order valence-electron chi connectivity index (χ2n) is 17.8. The van der Waals surface area contributed by atoms with Gasteiger partial charge in [0, 0.05) is 58.9 Å². The summed E-state index contributed by atoms with van der Waals surface area (Å²) in [6.07, 6.45) is 11.3. The molecule has 360 valence electrons. The minimum atomic E-state index is -0.958. The topological polar surface area (TPSA) is 226 Å². The Hall–Kier alpha value is -9.06. The molecule has 3 atom stereocenters. The fourth-order valence-corrected chi connectivity index (χ4v) is 9.74. The summed E-state index contributed by atoms with van der Waals surface area (Å²) < 4.78 is 13.0. The molecule has 4 aromatic heterocycles. The van der Waals surface area contributed by atoms with E-state index in [1.165, 1.54) is 37.2 Å². The average molecular weight is 961 g/mol. The van der Waals surface area contributed by atoms with Crippen LogP contribution in [0.15, 0.2) is 135 Å². The molecule has 7 heterocycles. The first-order chi connectivity index (χ1) is 35.3. The van der Waals surface area contributed by atoms with Gasteiger partial charge in [-0.1, -0.05) is 67.6 Å². The summed E-state index contributed by atoms with van der Waals surface area (Å²) in [4.78, 5) is 91.2. The van der Waals surface area contributed by atoms with Gasteiger partial charge in [0.25, 0.3) is 11.8 Å². The molecular weight excluding hydrogens is 913 g/mol. The molecule has 1 saturated heterocycles. The molecule has 18 heteroatoms. The van der Waals surface area contributed by atoms with Crippen LogP contribution in [-0.4, -0.2) is 86.4 Å². The van der Waals surface area contributed by atoms with E-state index in [-0.39, 0.29) is 35.8 Å². The van der Waals surface area contributed by atoms with Crippen molar-refractivity contribution in [2.45, 2.75) is 64.1 Å². The van der Waals surface area contributed by atoms with Gasteiger partial charge in [-0.05, 0) is 66.8 Å². The Morgan fingerprint density at radius 2 is 1.28 bits per heavy atom. The van der Waals surface area contributed by atoms with Gasteiger partial charge in [0.05, 0.1) is 36.4 Å². The summed E-state index contributed by atoms with van der Waals surface area (Å²) in [5.74, 6) is 1.23. The van der Waals surface area contributed by atoms with Gasteiger partial charge in [0.15, 0.2) is 0 Å². The molecule has 11 rings (SSSR count). The second-order valence-corrected chi connectivity index (χ2v) is 17.8. The van der Waals surface area contributed by atoms with Gasteiger partial charge in [-0.25, -0.2) is 29.9 Å². The average Bonchev–Trinajstić information content (AvgIpc) is 4.24. The van der Waals surface area contributed by atoms with Gasteiger partial charge in [-0.2, -0.15) is 0 Å². The fraction of sp³-hybridized carbons (Fsp3) is 0.222. The number of hydrogen-bond acceptors (Lipinski definition) is 12. The van der Waals surface area contributed by atoms with Crippen molar-refractivity contribution >= 4 is 23.6 Å². The van der Waals surface area contributed by atoms with Crippen molar-refractivity contribution < 1.29 is 28.7 Å². The molecule has 1 fully saturated rings. The minimum absolute atomic E-state index is 0.159. The maximum Gasteiger partial charge on any atom is 0.270 e. The number of aromatic nitrogens is 8. The van der Waals surface area contributed by atoms with Crippen molar-refractivity contribution in [1.82, 2.24) is 60.3 Å². The SMILES string of the molecule is CCCN(Cc1ncc(-c2cc3c4c(c2)OCc2cc(-c5cnc([C@@H]6CCCN6C(=O)[C@H](NC(=O)c6ccncn6)c6ccccc6)[nH]5)cc(c2-4)OC3)[nH]1)C(=O)[C@H](NC(=O)c1ccncn1)c1ccccc1. The molecule has 8 aromatic rings. The van der Waals surface area contributed by atoms with E-state index in [9.17, 15) is 19.2 Å². The van der Waals surface area contributed by atoms with Gasteiger partial charge in [0.1, 0.15) is 72.5 Å². The number of amides is 4. The Kier molecular flexibility index (Phi) is 12.4. The number of imidazole rings is 2. The molecule has 0 saturated carbocycles. The highest BCUT2D eigenvalue weighted by molar-refractivity contribution is 5.97. The fourth-order valence-electron chi connectivity index (χ4n) is 9.74. The third-order valence-corrected chi connectivity index (χ3v) is 13.2. The third-order valence-electron chi connectivity index (χ3n) is 13.2. The van der Waals surface area contributed by atoms with Crippen LogP contribution < -0.4 is 20.1 Å². The molecule has 0 bridgehead atoms. The van der Waals surface area contributed by atoms with E-state index >= 15 is 0 Å². The zero-order chi connectivity index (χ0) is 49.1. The molecule has 18 nitrogen and oxygen atoms in total. The number of carbonyl (C=O) groups is 4. The molecule has 3 aliphatic rings. The van der Waals surface area contributed by atoms with Crippen molar-refractivity contribution in [2.75, 3.05) is 13.1 Å². The molecule has 0 unspecified atom stereocenters. The van der Waals surface area contributed by atoms with Crippen LogP contribution in [0.3, 0.4) is 0 Å². The van der Waals surface area contributed by atoms with Crippen molar-refractivity contribution in [3.05, 3.63) is 180 Å². The Labute approximate surface area is 413 Å². The van der Waals surface area contributed by atoms with Gasteiger partial charge in [0.2, 0.25) is 11.8 Å². The van der Waals surface area contributed by atoms with E-state index in [1.54, 1.807) is 22.2 Å². The van der Waals surface area contributed by atoms with Crippen LogP contribution in [0.1, 0.15) is 99.2 Å². The zero-order valence-electron chi connectivity index (χ0n) is 39.1. The van der Waals surface area contributed by atoms with E-state index in [4.69, 9.17) is 19.4 Å². The number of H-pyrrole nitrogens is 2. The second kappa shape index (κ2) is 19.7. The predicted molar refractivity (Wildman–Crippen MR) is 262 cm³/mol. The molecule has 3 aliphatic heterocycles. The summed E-state index contributed by atoms with van der Waals surface area (Å²) in [5.41, 5.74) is 8.77. The lowest BCUT2D eigenvalue weighted by atomic mass is 9.87. The minimum Gasteiger partial charge on any atom is -0.488 e. The van der Waals surface area contributed by atoms with E-state index in [0.29, 0.717) is 61.9 Å². The van der Waals surface area contributed by atoms with Crippen LogP contribution >= 0.6 is 0 Å². The number of hydrogen-bond donors (Lipinski definition) is 4. The maximum absolute atomic E-state index is 14.4. The highest BCUT2D eigenvalue weighted by atomic mass is 16.5. The number of nitrogens with one attached hydrogen (secondary N) is 4. The summed E-state index contributed by atoms with van der Waals surface area (Å²) in [7, 11) is 0. The van der Waals surface area contributed by atoms with Gasteiger partial charge in [-0.15, -0.1) is 0 Å². The number of benzene rings is 4. The predicted octanol–water partition coefficient (Wildman–Crippen LogP) is 7.24. The maximum atomic E-state index is 14.4. The highest BCUT2D eigenvalue weighted by Crippen LogP contribution is 2.51. The van der Waals surface area contributed by atoms with Crippen LogP contribution in [0.25, 0.3) is 33.6 Å². The first-order valence-corrected chi connectivity index (χ1v) is 23.8. The van der Waals surface area contributed by atoms with Crippen LogP contribution in [0, 0.1) is 0 Å². The standard InChI is InChI=1S/C54H48N12O6/c1-2-19-65(53(69)48(32-10-5-3-6-11-32)63-51(67)38-15-17-55-30-59-38)27-45-57-25-40(61-45)34-21-36-28-72-44-24-35(22-37-29-71-43(23-34)46(36)47(37)44)41-26-58-50(62-41)42-14-9-20-66(42)54(70)49(33-12-7-4-8-13-33)64-52(68)39-16-18-56-31-60-39/h3-8,10-13,15-18,21-26,30-31,42,48-49H,2,9,14,19-20,27-29H2,1H3,(H,57,61)(H,58,62)(H,63,67)(H,64,68)/t42-,48+,49+/m0/s1. The Morgan fingerprint density at radius 3 is 1.86 bits per heavy atom. The van der Waals surface area contributed by atoms with Gasteiger partial charge >= 0.3 is 0 Å². The molecule has 0 aliphatic carbocycles. The molecule has 0 spiro atoms. The number of rotatable bonds is 15. The lowest BCUT2D eigenvalue weighted by Crippen LogP contribution is -2.43. The zero-order valence-corrected chi connectivity index (χ0v) is 39.1. The van der Waals surface area contributed by atoms with Crippen LogP contribution in [0.2, 0.25) is 0 Å². The van der Waals surface area contributed by atoms with Crippen molar-refractivity contribution in [2.24, 2.45) is 0 Å². The monoisotopic (exact) mass is 960 g/mol. The van der Waals surface area contributed by atoms with Crippen LogP contribution in [-0.2, 0) is 29.3 Å². The van der Waals surface area contributed by atoms with E-state index < -0.39 is 23.9 Å². The summed E-state index contributed by atoms with van der Waals surface area (Å²) in [6, 6.07) is 27.3. The van der Waals surface area contributed by atoms with Crippen molar-refractivity contribution in [3.63, 3.8) is 0 Å². The normalized spacial score (nSPS) is 15.1. The number of aromatic amines is 2. The smallest absolute Gasteiger partial charge is 0.270 e. The lowest BCUT2D eigenvalue weighted by molar-refractivity contribution is -0.135. The molecule has 4 amide bonds. The molecular formula is C54H48N12O6. The molecule has 4 aromatic carbocycles. The quantitative estimate of drug-likeness (QED) is 0.0798. The Balaban J connectivity index is 0.807. The molecule has 72 heavy (non-hydrogen) atoms. The van der Waals surface area contributed by atoms with Gasteiger partial charge in [-0.3, -0.25) is 19.2 Å². The first-order valence-electron chi connectivity index (χ1n) is 23.8. The Bertz CT molecular complexity index is 3250. The van der Waals surface area contributed by atoms with Crippen molar-refractivity contribution in [3.8, 4) is 45.1 Å². The van der Waals surface area contributed by atoms with E-state index in [0.717, 1.165) is 62.7 Å². The van der Waals surface area contributed by atoms with Crippen LogP contribution in [0.4, 0.5) is 0 Å². The molecule has 4 N–H and O–H groups in total. The Morgan fingerprint density at radius 1 is 0.708 bits per heavy atom. The van der Waals surface area contributed by atoms with Gasteiger partial charge < -0.3 is 39.9 Å². The van der Waals surface area contributed by atoms with E-state index in [2.05, 4.69) is 52.7 Å². The lowest BCUT2D eigenvalue weighted by Gasteiger charge is -2.30. The van der Waals surface area contributed by atoms with Crippen LogP contribution in [0.5, 0.6) is 11.5 Å². The first kappa shape index (κ1) is 45.4. The summed E-state index contributed by atoms with van der Waals surface area (Å²) in [6.45, 7) is 3.74. The number of ether oxygens (including phenoxy) is 2. The summed E-state index contributed by atoms with van der Waals surface area (Å²) >= 11 is 0. The number of nitrogens with zero attached hydrogens (tertiary/aromatic N) is 8. The molecule has 0 radical (unpaired) electrons.